The molecule has 0 aromatic rings. The fraction of sp³-hybridized carbons (Fsp3) is 0.950. The van der Waals surface area contributed by atoms with Crippen molar-refractivity contribution >= 4 is 23.4 Å². The van der Waals surface area contributed by atoms with Gasteiger partial charge in [0.15, 0.2) is 0 Å². The molecule has 3 atom stereocenters. The summed E-state index contributed by atoms with van der Waals surface area (Å²) in [4.78, 5) is 11.4. The highest BCUT2D eigenvalue weighted by Gasteiger charge is 2.63. The lowest BCUT2D eigenvalue weighted by atomic mass is 9.91. The van der Waals surface area contributed by atoms with Crippen LogP contribution in [0.15, 0.2) is 0 Å². The van der Waals surface area contributed by atoms with Crippen molar-refractivity contribution in [2.24, 2.45) is 0 Å². The zero-order chi connectivity index (χ0) is 20.6. The van der Waals surface area contributed by atoms with Gasteiger partial charge in [-0.1, -0.05) is 55.4 Å². The first-order chi connectivity index (χ1) is 12.5. The van der Waals surface area contributed by atoms with Crippen LogP contribution >= 0.6 is 0 Å². The SMILES string of the molecule is CC(C)[Si]1(C(C)C)OC(CC=O)[C@@]2(O)CCC[C@@H]2O[Si](C(C)C)(C(C)C)O1. The molecule has 1 saturated heterocycles. The number of hydrogen-bond acceptors (Lipinski definition) is 5. The molecule has 2 aliphatic rings. The highest BCUT2D eigenvalue weighted by molar-refractivity contribution is 6.84. The molecule has 0 radical (unpaired) electrons. The van der Waals surface area contributed by atoms with Gasteiger partial charge in [-0.25, -0.2) is 0 Å². The van der Waals surface area contributed by atoms with Gasteiger partial charge in [-0.3, -0.25) is 0 Å². The smallest absolute Gasteiger partial charge is 0.335 e. The summed E-state index contributed by atoms with van der Waals surface area (Å²) in [6, 6.07) is 0. The van der Waals surface area contributed by atoms with E-state index in [2.05, 4.69) is 55.4 Å². The van der Waals surface area contributed by atoms with Crippen LogP contribution in [0.2, 0.25) is 22.2 Å². The van der Waals surface area contributed by atoms with Crippen molar-refractivity contribution in [1.82, 2.24) is 0 Å². The van der Waals surface area contributed by atoms with Crippen molar-refractivity contribution in [1.29, 1.82) is 0 Å². The van der Waals surface area contributed by atoms with E-state index in [0.29, 0.717) is 6.42 Å². The van der Waals surface area contributed by atoms with Crippen LogP contribution in [-0.2, 0) is 17.8 Å². The van der Waals surface area contributed by atoms with Crippen LogP contribution < -0.4 is 0 Å². The molecule has 1 aliphatic carbocycles. The number of aldehydes is 1. The summed E-state index contributed by atoms with van der Waals surface area (Å²) in [7, 11) is -5.45. The minimum absolute atomic E-state index is 0.186. The Bertz CT molecular complexity index is 507. The van der Waals surface area contributed by atoms with E-state index in [0.717, 1.165) is 19.1 Å². The van der Waals surface area contributed by atoms with E-state index in [1.165, 1.54) is 0 Å². The van der Waals surface area contributed by atoms with Crippen LogP contribution in [0.3, 0.4) is 0 Å². The van der Waals surface area contributed by atoms with E-state index in [-0.39, 0.29) is 34.7 Å². The van der Waals surface area contributed by atoms with Crippen LogP contribution in [0, 0.1) is 0 Å². The fourth-order valence-electron chi connectivity index (χ4n) is 5.04. The number of aliphatic hydroxyl groups is 1. The minimum atomic E-state index is -2.77. The van der Waals surface area contributed by atoms with Crippen molar-refractivity contribution in [3.8, 4) is 0 Å². The third-order valence-electron chi connectivity index (χ3n) is 6.66. The molecule has 1 heterocycles. The Hall–Kier alpha value is -0.0562. The number of hydrogen-bond donors (Lipinski definition) is 1. The first kappa shape index (κ1) is 23.2. The minimum Gasteiger partial charge on any atom is -0.414 e. The second kappa shape index (κ2) is 8.36. The van der Waals surface area contributed by atoms with Crippen molar-refractivity contribution in [3.05, 3.63) is 0 Å². The monoisotopic (exact) mass is 416 g/mol. The average molecular weight is 417 g/mol. The lowest BCUT2D eigenvalue weighted by molar-refractivity contribution is -0.145. The van der Waals surface area contributed by atoms with Gasteiger partial charge in [-0.2, -0.15) is 0 Å². The summed E-state index contributed by atoms with van der Waals surface area (Å²) in [5, 5.41) is 11.7. The zero-order valence-corrected chi connectivity index (χ0v) is 20.5. The van der Waals surface area contributed by atoms with Crippen molar-refractivity contribution in [3.63, 3.8) is 0 Å². The molecule has 0 amide bonds. The van der Waals surface area contributed by atoms with Crippen molar-refractivity contribution in [2.45, 2.75) is 121 Å². The largest absolute Gasteiger partial charge is 0.414 e. The van der Waals surface area contributed by atoms with E-state index in [4.69, 9.17) is 13.0 Å². The van der Waals surface area contributed by atoms with Crippen LogP contribution in [-0.4, -0.2) is 46.3 Å². The zero-order valence-electron chi connectivity index (χ0n) is 18.5. The standard InChI is InChI=1S/C20H40O5Si2/c1-14(2)26(15(3)4)23-18-10-9-12-20(18,22)19(11-13-21)24-27(25-26,16(5)6)17(7)8/h13-19,22H,9-12H2,1-8H3/t18-,19?,20+/m0/s1. The van der Waals surface area contributed by atoms with Gasteiger partial charge in [-0.05, 0) is 41.4 Å². The molecule has 1 unspecified atom stereocenters. The van der Waals surface area contributed by atoms with Crippen molar-refractivity contribution in [2.75, 3.05) is 0 Å². The molecular weight excluding hydrogens is 376 g/mol. The van der Waals surface area contributed by atoms with E-state index in [1.807, 2.05) is 0 Å². The molecule has 5 nitrogen and oxygen atoms in total. The molecule has 158 valence electrons. The first-order valence-corrected chi connectivity index (χ1v) is 14.6. The molecule has 2 rings (SSSR count). The molecule has 2 fully saturated rings. The van der Waals surface area contributed by atoms with E-state index in [9.17, 15) is 9.90 Å². The van der Waals surface area contributed by atoms with Gasteiger partial charge in [0.05, 0.1) is 12.2 Å². The molecule has 0 aromatic heterocycles. The number of carbonyl (C=O) groups is 1. The Labute approximate surface area is 167 Å². The van der Waals surface area contributed by atoms with Gasteiger partial charge in [0, 0.05) is 6.42 Å². The molecule has 0 bridgehead atoms. The molecule has 0 aromatic carbocycles. The maximum Gasteiger partial charge on any atom is 0.335 e. The summed E-state index contributed by atoms with van der Waals surface area (Å²) in [6.07, 6.45) is 2.50. The van der Waals surface area contributed by atoms with Crippen LogP contribution in [0.4, 0.5) is 0 Å². The predicted octanol–water partition coefficient (Wildman–Crippen LogP) is 4.82. The van der Waals surface area contributed by atoms with Crippen LogP contribution in [0.1, 0.15) is 81.1 Å². The Morgan fingerprint density at radius 3 is 1.89 bits per heavy atom. The first-order valence-electron chi connectivity index (χ1n) is 10.7. The van der Waals surface area contributed by atoms with Gasteiger partial charge in [0.1, 0.15) is 11.9 Å². The average Bonchev–Trinajstić information content (AvgIpc) is 2.91. The second-order valence-corrected chi connectivity index (χ2v) is 18.5. The van der Waals surface area contributed by atoms with Crippen LogP contribution in [0.25, 0.3) is 0 Å². The summed E-state index contributed by atoms with van der Waals surface area (Å²) >= 11 is 0. The highest BCUT2D eigenvalue weighted by atomic mass is 28.5. The van der Waals surface area contributed by atoms with E-state index < -0.39 is 28.8 Å². The lowest BCUT2D eigenvalue weighted by Gasteiger charge is -2.55. The fourth-order valence-corrected chi connectivity index (χ4v) is 16.5. The summed E-state index contributed by atoms with van der Waals surface area (Å²) in [5.74, 6) is 0. The van der Waals surface area contributed by atoms with Gasteiger partial charge >= 0.3 is 17.1 Å². The summed E-state index contributed by atoms with van der Waals surface area (Å²) in [5.41, 5.74) is -0.215. The third-order valence-corrected chi connectivity index (χ3v) is 17.0. The quantitative estimate of drug-likeness (QED) is 0.497. The summed E-state index contributed by atoms with van der Waals surface area (Å²) < 4.78 is 20.8. The Morgan fingerprint density at radius 2 is 1.44 bits per heavy atom. The highest BCUT2D eigenvalue weighted by Crippen LogP contribution is 2.51. The van der Waals surface area contributed by atoms with Crippen molar-refractivity contribution < 1.29 is 22.9 Å². The maximum absolute atomic E-state index is 11.7. The molecule has 7 heteroatoms. The Kier molecular flexibility index (Phi) is 7.19. The predicted molar refractivity (Wildman–Crippen MR) is 112 cm³/mol. The van der Waals surface area contributed by atoms with Gasteiger partial charge < -0.3 is 22.9 Å². The lowest BCUT2D eigenvalue weighted by Crippen LogP contribution is -2.69. The summed E-state index contributed by atoms with van der Waals surface area (Å²) in [6.45, 7) is 17.4. The maximum atomic E-state index is 11.7. The number of fused-ring (bicyclic) bond motifs is 1. The Balaban J connectivity index is 2.67. The molecule has 1 aliphatic heterocycles. The normalized spacial score (nSPS) is 33.4. The number of rotatable bonds is 6. The molecule has 0 spiro atoms. The van der Waals surface area contributed by atoms with E-state index in [1.54, 1.807) is 0 Å². The van der Waals surface area contributed by atoms with E-state index >= 15 is 0 Å². The molecular formula is C20H40O5Si2. The molecule has 27 heavy (non-hydrogen) atoms. The molecule has 1 saturated carbocycles. The Morgan fingerprint density at radius 1 is 0.963 bits per heavy atom. The van der Waals surface area contributed by atoms with Gasteiger partial charge in [-0.15, -0.1) is 0 Å². The van der Waals surface area contributed by atoms with Gasteiger partial charge in [0.25, 0.3) is 0 Å². The topological polar surface area (TPSA) is 65.0 Å². The number of carbonyl (C=O) groups excluding carboxylic acids is 1. The third kappa shape index (κ3) is 3.88. The van der Waals surface area contributed by atoms with Crippen LogP contribution in [0.5, 0.6) is 0 Å². The second-order valence-electron chi connectivity index (χ2n) is 9.66. The molecule has 1 N–H and O–H groups in total. The van der Waals surface area contributed by atoms with Gasteiger partial charge in [0.2, 0.25) is 0 Å².